The van der Waals surface area contributed by atoms with Gasteiger partial charge >= 0.3 is 0 Å². The number of hydrogen-bond donors (Lipinski definition) is 1. The average Bonchev–Trinajstić information content (AvgIpc) is 2.71. The lowest BCUT2D eigenvalue weighted by Gasteiger charge is -2.30. The third kappa shape index (κ3) is 3.53. The molecule has 2 rings (SSSR count). The number of aromatic nitrogens is 1. The van der Waals surface area contributed by atoms with Gasteiger partial charge in [-0.1, -0.05) is 0 Å². The number of ether oxygens (including phenoxy) is 1. The predicted octanol–water partition coefficient (Wildman–Crippen LogP) is 0.563. The molecule has 5 heteroatoms. The van der Waals surface area contributed by atoms with Gasteiger partial charge in [0, 0.05) is 37.8 Å². The fraction of sp³-hybridized carbons (Fsp3) is 0.700. The summed E-state index contributed by atoms with van der Waals surface area (Å²) in [6, 6.07) is 0. The van der Waals surface area contributed by atoms with Crippen LogP contribution in [0, 0.1) is 0 Å². The Labute approximate surface area is 94.3 Å². The first kappa shape index (κ1) is 11.0. The van der Waals surface area contributed by atoms with Crippen molar-refractivity contribution in [2.24, 2.45) is 0 Å². The molecule has 84 valence electrons. The number of rotatable bonds is 4. The summed E-state index contributed by atoms with van der Waals surface area (Å²) in [5.74, 6) is 0. The molecule has 1 N–H and O–H groups in total. The molecule has 4 nitrogen and oxygen atoms in total. The Bertz CT molecular complexity index is 278. The highest BCUT2D eigenvalue weighted by atomic mass is 32.1. The highest BCUT2D eigenvalue weighted by molar-refractivity contribution is 7.09. The van der Waals surface area contributed by atoms with Crippen LogP contribution >= 0.6 is 11.3 Å². The van der Waals surface area contributed by atoms with Gasteiger partial charge < -0.3 is 15.0 Å². The lowest BCUT2D eigenvalue weighted by molar-refractivity contribution is -0.0182. The van der Waals surface area contributed by atoms with Crippen LogP contribution in [0.5, 0.6) is 0 Å². The maximum Gasteiger partial charge on any atom is 0.106 e. The molecule has 0 aromatic carbocycles. The first-order chi connectivity index (χ1) is 7.34. The summed E-state index contributed by atoms with van der Waals surface area (Å²) in [7, 11) is 2.14. The van der Waals surface area contributed by atoms with Gasteiger partial charge in [0.15, 0.2) is 0 Å². The lowest BCUT2D eigenvalue weighted by Crippen LogP contribution is -2.44. The van der Waals surface area contributed by atoms with Gasteiger partial charge in [-0.15, -0.1) is 11.3 Å². The van der Waals surface area contributed by atoms with Crippen molar-refractivity contribution in [3.05, 3.63) is 16.6 Å². The van der Waals surface area contributed by atoms with Crippen molar-refractivity contribution in [1.82, 2.24) is 15.2 Å². The van der Waals surface area contributed by atoms with Crippen LogP contribution < -0.4 is 5.32 Å². The van der Waals surface area contributed by atoms with Crippen LogP contribution in [0.3, 0.4) is 0 Å². The number of morpholine rings is 1. The van der Waals surface area contributed by atoms with E-state index in [4.69, 9.17) is 4.74 Å². The normalized spacial score (nSPS) is 23.1. The number of nitrogens with one attached hydrogen (secondary N) is 1. The standard InChI is InChI=1S/C10H17N3OS/c1-13-3-4-14-9(8-13)6-11-7-10-12-2-5-15-10/h2,5,9,11H,3-4,6-8H2,1H3. The molecule has 1 aromatic rings. The van der Waals surface area contributed by atoms with Crippen LogP contribution in [0.4, 0.5) is 0 Å². The third-order valence-electron chi connectivity index (χ3n) is 2.47. The van der Waals surface area contributed by atoms with Crippen molar-refractivity contribution >= 4 is 11.3 Å². The van der Waals surface area contributed by atoms with E-state index in [1.54, 1.807) is 11.3 Å². The zero-order valence-corrected chi connectivity index (χ0v) is 9.80. The minimum Gasteiger partial charge on any atom is -0.374 e. The summed E-state index contributed by atoms with van der Waals surface area (Å²) in [6.45, 7) is 4.67. The van der Waals surface area contributed by atoms with E-state index in [0.29, 0.717) is 6.10 Å². The van der Waals surface area contributed by atoms with E-state index in [0.717, 1.165) is 37.8 Å². The maximum absolute atomic E-state index is 5.65. The van der Waals surface area contributed by atoms with E-state index >= 15 is 0 Å². The summed E-state index contributed by atoms with van der Waals surface area (Å²) in [5, 5.41) is 6.51. The molecule has 2 heterocycles. The Hall–Kier alpha value is -0.490. The molecule has 1 aliphatic heterocycles. The average molecular weight is 227 g/mol. The number of hydrogen-bond acceptors (Lipinski definition) is 5. The van der Waals surface area contributed by atoms with Crippen molar-refractivity contribution in [2.75, 3.05) is 33.3 Å². The Balaban J connectivity index is 1.65. The van der Waals surface area contributed by atoms with Crippen molar-refractivity contribution in [3.8, 4) is 0 Å². The zero-order chi connectivity index (χ0) is 10.5. The van der Waals surface area contributed by atoms with Gasteiger partial charge in [-0.3, -0.25) is 0 Å². The quantitative estimate of drug-likeness (QED) is 0.816. The van der Waals surface area contributed by atoms with E-state index in [2.05, 4.69) is 22.2 Å². The monoisotopic (exact) mass is 227 g/mol. The molecule has 0 saturated carbocycles. The zero-order valence-electron chi connectivity index (χ0n) is 8.98. The minimum absolute atomic E-state index is 0.323. The summed E-state index contributed by atoms with van der Waals surface area (Å²) in [4.78, 5) is 6.52. The molecule has 15 heavy (non-hydrogen) atoms. The topological polar surface area (TPSA) is 37.4 Å². The Morgan fingerprint density at radius 3 is 3.40 bits per heavy atom. The van der Waals surface area contributed by atoms with Gasteiger partial charge in [-0.25, -0.2) is 4.98 Å². The molecule has 0 amide bonds. The van der Waals surface area contributed by atoms with Crippen molar-refractivity contribution in [1.29, 1.82) is 0 Å². The third-order valence-corrected chi connectivity index (χ3v) is 3.25. The van der Waals surface area contributed by atoms with E-state index in [1.807, 2.05) is 11.6 Å². The van der Waals surface area contributed by atoms with Gasteiger partial charge in [0.05, 0.1) is 12.7 Å². The Morgan fingerprint density at radius 1 is 1.73 bits per heavy atom. The maximum atomic E-state index is 5.65. The first-order valence-electron chi connectivity index (χ1n) is 5.24. The number of thiazole rings is 1. The molecule has 1 aliphatic rings. The van der Waals surface area contributed by atoms with Crippen molar-refractivity contribution in [3.63, 3.8) is 0 Å². The van der Waals surface area contributed by atoms with Gasteiger partial charge in [-0.2, -0.15) is 0 Å². The van der Waals surface area contributed by atoms with Gasteiger partial charge in [0.2, 0.25) is 0 Å². The summed E-state index contributed by atoms with van der Waals surface area (Å²) in [6.07, 6.45) is 2.16. The second-order valence-corrected chi connectivity index (χ2v) is 4.79. The van der Waals surface area contributed by atoms with Crippen molar-refractivity contribution in [2.45, 2.75) is 12.6 Å². The molecule has 0 spiro atoms. The highest BCUT2D eigenvalue weighted by Gasteiger charge is 2.16. The lowest BCUT2D eigenvalue weighted by atomic mass is 10.3. The summed E-state index contributed by atoms with van der Waals surface area (Å²) >= 11 is 1.69. The van der Waals surface area contributed by atoms with Crippen LogP contribution in [0.1, 0.15) is 5.01 Å². The molecule has 0 bridgehead atoms. The number of likely N-dealkylation sites (N-methyl/N-ethyl adjacent to an activating group) is 1. The fourth-order valence-corrected chi connectivity index (χ4v) is 2.26. The molecule has 1 unspecified atom stereocenters. The van der Waals surface area contributed by atoms with Gasteiger partial charge in [-0.05, 0) is 7.05 Å². The molecule has 1 fully saturated rings. The summed E-state index contributed by atoms with van der Waals surface area (Å²) < 4.78 is 5.65. The van der Waals surface area contributed by atoms with E-state index in [9.17, 15) is 0 Å². The van der Waals surface area contributed by atoms with Crippen LogP contribution in [-0.4, -0.2) is 49.3 Å². The molecular weight excluding hydrogens is 210 g/mol. The van der Waals surface area contributed by atoms with Crippen LogP contribution in [0.15, 0.2) is 11.6 Å². The Morgan fingerprint density at radius 2 is 2.67 bits per heavy atom. The molecule has 1 atom stereocenters. The van der Waals surface area contributed by atoms with E-state index < -0.39 is 0 Å². The number of nitrogens with zero attached hydrogens (tertiary/aromatic N) is 2. The second-order valence-electron chi connectivity index (χ2n) is 3.81. The molecule has 1 aromatic heterocycles. The molecule has 1 saturated heterocycles. The SMILES string of the molecule is CN1CCOC(CNCc2nccs2)C1. The first-order valence-corrected chi connectivity index (χ1v) is 6.12. The largest absolute Gasteiger partial charge is 0.374 e. The summed E-state index contributed by atoms with van der Waals surface area (Å²) in [5.41, 5.74) is 0. The fourth-order valence-electron chi connectivity index (χ4n) is 1.67. The highest BCUT2D eigenvalue weighted by Crippen LogP contribution is 2.04. The smallest absolute Gasteiger partial charge is 0.106 e. The Kier molecular flexibility index (Phi) is 4.08. The van der Waals surface area contributed by atoms with E-state index in [1.165, 1.54) is 0 Å². The van der Waals surface area contributed by atoms with Crippen LogP contribution in [-0.2, 0) is 11.3 Å². The predicted molar refractivity (Wildman–Crippen MR) is 61.1 cm³/mol. The van der Waals surface area contributed by atoms with Crippen LogP contribution in [0.25, 0.3) is 0 Å². The van der Waals surface area contributed by atoms with E-state index in [-0.39, 0.29) is 0 Å². The molecule has 0 aliphatic carbocycles. The van der Waals surface area contributed by atoms with Crippen molar-refractivity contribution < 1.29 is 4.74 Å². The molecular formula is C10H17N3OS. The van der Waals surface area contributed by atoms with Gasteiger partial charge in [0.1, 0.15) is 5.01 Å². The van der Waals surface area contributed by atoms with Gasteiger partial charge in [0.25, 0.3) is 0 Å². The minimum atomic E-state index is 0.323. The second kappa shape index (κ2) is 5.55. The molecule has 0 radical (unpaired) electrons. The van der Waals surface area contributed by atoms with Crippen LogP contribution in [0.2, 0.25) is 0 Å².